The average molecular weight is 281 g/mol. The predicted molar refractivity (Wildman–Crippen MR) is 85.4 cm³/mol. The number of hydrogen-bond donors (Lipinski definition) is 2. The van der Waals surface area contributed by atoms with E-state index in [0.717, 1.165) is 12.3 Å². The smallest absolute Gasteiger partial charge is 0.287 e. The fourth-order valence-corrected chi connectivity index (χ4v) is 1.17. The van der Waals surface area contributed by atoms with Gasteiger partial charge in [0.2, 0.25) is 0 Å². The Balaban J connectivity index is 0. The molecule has 0 aromatic heterocycles. The Kier molecular flexibility index (Phi) is 14.0. The molecule has 20 heavy (non-hydrogen) atoms. The van der Waals surface area contributed by atoms with E-state index in [0.29, 0.717) is 6.61 Å². The van der Waals surface area contributed by atoms with E-state index < -0.39 is 0 Å². The molecule has 0 spiro atoms. The molecular formula is C15H27N3O2. The lowest BCUT2D eigenvalue weighted by molar-refractivity contribution is 0.0769. The van der Waals surface area contributed by atoms with Gasteiger partial charge < -0.3 is 20.5 Å². The van der Waals surface area contributed by atoms with Crippen molar-refractivity contribution in [2.75, 3.05) is 20.2 Å². The first-order chi connectivity index (χ1) is 9.49. The van der Waals surface area contributed by atoms with Crippen LogP contribution in [-0.2, 0) is 9.47 Å². The number of likely N-dealkylation sites (N-methyl/N-ethyl adjacent to an activating group) is 1. The monoisotopic (exact) mass is 281 g/mol. The molecular weight excluding hydrogens is 254 g/mol. The molecule has 0 unspecified atom stereocenters. The SMILES string of the molecule is C#C.C=CCNC.CC(C)OCC1=C[C@H](C)N=C(N)O1. The van der Waals surface area contributed by atoms with Gasteiger partial charge in [-0.2, -0.15) is 0 Å². The number of aliphatic imine (C=N–C) groups is 1. The Morgan fingerprint density at radius 3 is 2.55 bits per heavy atom. The van der Waals surface area contributed by atoms with Crippen LogP contribution in [0, 0.1) is 12.8 Å². The highest BCUT2D eigenvalue weighted by Crippen LogP contribution is 2.09. The summed E-state index contributed by atoms with van der Waals surface area (Å²) in [5.74, 6) is 0.744. The van der Waals surface area contributed by atoms with Crippen LogP contribution >= 0.6 is 0 Å². The summed E-state index contributed by atoms with van der Waals surface area (Å²) >= 11 is 0. The summed E-state index contributed by atoms with van der Waals surface area (Å²) in [6, 6.07) is 0.303. The van der Waals surface area contributed by atoms with Gasteiger partial charge in [-0.3, -0.25) is 0 Å². The first kappa shape index (κ1) is 20.5. The molecule has 1 aliphatic rings. The third-order valence-electron chi connectivity index (χ3n) is 1.90. The summed E-state index contributed by atoms with van der Waals surface area (Å²) < 4.78 is 10.5. The molecule has 0 aliphatic carbocycles. The summed E-state index contributed by atoms with van der Waals surface area (Å²) in [6.45, 7) is 10.7. The van der Waals surface area contributed by atoms with Crippen LogP contribution in [0.1, 0.15) is 20.8 Å². The zero-order chi connectivity index (χ0) is 16.0. The van der Waals surface area contributed by atoms with Crippen LogP contribution < -0.4 is 11.1 Å². The Morgan fingerprint density at radius 2 is 2.20 bits per heavy atom. The summed E-state index contributed by atoms with van der Waals surface area (Å²) in [4.78, 5) is 4.00. The van der Waals surface area contributed by atoms with Crippen molar-refractivity contribution in [3.8, 4) is 12.8 Å². The Hall–Kier alpha value is -1.77. The summed E-state index contributed by atoms with van der Waals surface area (Å²) in [7, 11) is 1.89. The number of rotatable bonds is 5. The maximum Gasteiger partial charge on any atom is 0.287 e. The first-order valence-corrected chi connectivity index (χ1v) is 6.41. The number of hydrogen-bond acceptors (Lipinski definition) is 5. The normalized spacial score (nSPS) is 16.4. The van der Waals surface area contributed by atoms with E-state index in [9.17, 15) is 0 Å². The second-order valence-corrected chi connectivity index (χ2v) is 4.15. The zero-order valence-corrected chi connectivity index (χ0v) is 12.9. The van der Waals surface area contributed by atoms with Crippen LogP contribution in [0.25, 0.3) is 0 Å². The molecule has 0 aromatic carbocycles. The molecule has 1 atom stereocenters. The minimum absolute atomic E-state index is 0.0829. The molecule has 0 aromatic rings. The standard InChI is InChI=1S/C9H16N2O2.C4H9N.C2H2/c1-6(2)12-5-8-4-7(3)11-9(10)13-8;1-3-4-5-2;1-2/h4,6-7H,5H2,1-3H3,(H2,10,11);3,5H,1,4H2,2H3;1-2H/t7-;;/m0../s1. The van der Waals surface area contributed by atoms with E-state index in [1.807, 2.05) is 40.0 Å². The van der Waals surface area contributed by atoms with Crippen LogP contribution in [0.3, 0.4) is 0 Å². The minimum Gasteiger partial charge on any atom is -0.429 e. The van der Waals surface area contributed by atoms with Crippen molar-refractivity contribution < 1.29 is 9.47 Å². The summed E-state index contributed by atoms with van der Waals surface area (Å²) in [5.41, 5.74) is 5.45. The lowest BCUT2D eigenvalue weighted by atomic mass is 10.3. The molecule has 0 fully saturated rings. The molecule has 1 heterocycles. The van der Waals surface area contributed by atoms with Crippen LogP contribution in [0.2, 0.25) is 0 Å². The van der Waals surface area contributed by atoms with E-state index >= 15 is 0 Å². The van der Waals surface area contributed by atoms with E-state index in [4.69, 9.17) is 15.2 Å². The van der Waals surface area contributed by atoms with Gasteiger partial charge in [0.15, 0.2) is 0 Å². The van der Waals surface area contributed by atoms with Crippen molar-refractivity contribution in [2.24, 2.45) is 10.7 Å². The number of ether oxygens (including phenoxy) is 2. The van der Waals surface area contributed by atoms with Gasteiger partial charge in [-0.15, -0.1) is 19.4 Å². The van der Waals surface area contributed by atoms with E-state index in [1.54, 1.807) is 0 Å². The van der Waals surface area contributed by atoms with Crippen LogP contribution in [0.5, 0.6) is 0 Å². The zero-order valence-electron chi connectivity index (χ0n) is 12.9. The van der Waals surface area contributed by atoms with Crippen molar-refractivity contribution in [1.82, 2.24) is 5.32 Å². The van der Waals surface area contributed by atoms with Crippen LogP contribution in [0.4, 0.5) is 0 Å². The molecule has 3 N–H and O–H groups in total. The van der Waals surface area contributed by atoms with Gasteiger partial charge in [0.25, 0.3) is 6.02 Å². The van der Waals surface area contributed by atoms with Crippen molar-refractivity contribution in [2.45, 2.75) is 32.9 Å². The van der Waals surface area contributed by atoms with E-state index in [-0.39, 0.29) is 18.2 Å². The Bertz CT molecular complexity index is 333. The van der Waals surface area contributed by atoms with Gasteiger partial charge in [-0.05, 0) is 33.9 Å². The third kappa shape index (κ3) is 12.7. The summed E-state index contributed by atoms with van der Waals surface area (Å²) in [5, 5.41) is 2.90. The second kappa shape index (κ2) is 13.7. The van der Waals surface area contributed by atoms with Gasteiger partial charge in [0.05, 0.1) is 12.1 Å². The molecule has 5 nitrogen and oxygen atoms in total. The highest BCUT2D eigenvalue weighted by Gasteiger charge is 2.11. The van der Waals surface area contributed by atoms with E-state index in [1.165, 1.54) is 0 Å². The number of terminal acetylenes is 1. The number of nitrogens with zero attached hydrogens (tertiary/aromatic N) is 1. The first-order valence-electron chi connectivity index (χ1n) is 6.41. The largest absolute Gasteiger partial charge is 0.429 e. The van der Waals surface area contributed by atoms with Gasteiger partial charge in [0, 0.05) is 6.54 Å². The fourth-order valence-electron chi connectivity index (χ4n) is 1.17. The van der Waals surface area contributed by atoms with Gasteiger partial charge in [-0.25, -0.2) is 4.99 Å². The highest BCUT2D eigenvalue weighted by atomic mass is 16.5. The highest BCUT2D eigenvalue weighted by molar-refractivity contribution is 5.73. The van der Waals surface area contributed by atoms with Crippen molar-refractivity contribution in [1.29, 1.82) is 0 Å². The lowest BCUT2D eigenvalue weighted by Crippen LogP contribution is -2.24. The average Bonchev–Trinajstić information content (AvgIpc) is 2.39. The maximum atomic E-state index is 5.45. The molecule has 0 amide bonds. The molecule has 0 saturated carbocycles. The van der Waals surface area contributed by atoms with Gasteiger partial charge >= 0.3 is 0 Å². The topological polar surface area (TPSA) is 68.9 Å². The third-order valence-corrected chi connectivity index (χ3v) is 1.90. The van der Waals surface area contributed by atoms with E-state index in [2.05, 4.69) is 29.7 Å². The van der Waals surface area contributed by atoms with Crippen molar-refractivity contribution in [3.63, 3.8) is 0 Å². The fraction of sp³-hybridized carbons (Fsp3) is 0.533. The summed E-state index contributed by atoms with van der Waals surface area (Å²) in [6.07, 6.45) is 11.9. The predicted octanol–water partition coefficient (Wildman–Crippen LogP) is 1.67. The molecule has 5 heteroatoms. The van der Waals surface area contributed by atoms with Crippen molar-refractivity contribution in [3.05, 3.63) is 24.5 Å². The number of nitrogens with two attached hydrogens (primary N) is 1. The molecule has 114 valence electrons. The van der Waals surface area contributed by atoms with Gasteiger partial charge in [0.1, 0.15) is 12.4 Å². The lowest BCUT2D eigenvalue weighted by Gasteiger charge is -2.17. The molecule has 0 bridgehead atoms. The van der Waals surface area contributed by atoms with Crippen LogP contribution in [-0.4, -0.2) is 38.4 Å². The Morgan fingerprint density at radius 1 is 1.60 bits per heavy atom. The second-order valence-electron chi connectivity index (χ2n) is 4.15. The van der Waals surface area contributed by atoms with Gasteiger partial charge in [-0.1, -0.05) is 6.08 Å². The molecule has 0 radical (unpaired) electrons. The molecule has 1 aliphatic heterocycles. The number of amidine groups is 1. The Labute approximate surface area is 122 Å². The minimum atomic E-state index is 0.0829. The quantitative estimate of drug-likeness (QED) is 0.594. The molecule has 0 saturated heterocycles. The van der Waals surface area contributed by atoms with Crippen LogP contribution in [0.15, 0.2) is 29.5 Å². The maximum absolute atomic E-state index is 5.45. The number of nitrogens with one attached hydrogen (secondary N) is 1. The molecule has 1 rings (SSSR count). The van der Waals surface area contributed by atoms with Crippen molar-refractivity contribution >= 4 is 6.02 Å².